The summed E-state index contributed by atoms with van der Waals surface area (Å²) in [6.45, 7) is 2.14. The van der Waals surface area contributed by atoms with E-state index in [4.69, 9.17) is 5.73 Å². The zero-order valence-corrected chi connectivity index (χ0v) is 10.1. The second kappa shape index (κ2) is 5.18. The summed E-state index contributed by atoms with van der Waals surface area (Å²) in [7, 11) is 0. The minimum atomic E-state index is -0.149. The Labute approximate surface area is 99.3 Å². The monoisotopic (exact) mass is 233 g/mol. The number of rotatable bonds is 4. The molecule has 0 radical (unpaired) electrons. The number of aryl methyl sites for hydroxylation is 1. The second-order valence-corrected chi connectivity index (χ2v) is 4.77. The van der Waals surface area contributed by atoms with Crippen LogP contribution in [0.3, 0.4) is 0 Å². The summed E-state index contributed by atoms with van der Waals surface area (Å²) < 4.78 is 0. The summed E-state index contributed by atoms with van der Waals surface area (Å²) in [6.07, 6.45) is 2.08. The van der Waals surface area contributed by atoms with E-state index >= 15 is 0 Å². The lowest BCUT2D eigenvalue weighted by Gasteiger charge is -2.06. The molecule has 1 atom stereocenters. The predicted molar refractivity (Wildman–Crippen MR) is 66.4 cm³/mol. The van der Waals surface area contributed by atoms with Crippen LogP contribution in [0.2, 0.25) is 0 Å². The molecule has 1 heterocycles. The molecule has 0 aliphatic rings. The van der Waals surface area contributed by atoms with Gasteiger partial charge in [-0.1, -0.05) is 48.6 Å². The first-order valence-corrected chi connectivity index (χ1v) is 6.25. The minimum absolute atomic E-state index is 0.149. The fourth-order valence-corrected chi connectivity index (χ4v) is 2.48. The maximum atomic E-state index is 6.13. The SMILES string of the molecule is CCCc1nnc(C(N)c2ccccc2)s1. The first kappa shape index (κ1) is 11.2. The van der Waals surface area contributed by atoms with Crippen molar-refractivity contribution in [3.63, 3.8) is 0 Å². The summed E-state index contributed by atoms with van der Waals surface area (Å²) >= 11 is 1.61. The van der Waals surface area contributed by atoms with Crippen molar-refractivity contribution in [3.8, 4) is 0 Å². The Kier molecular flexibility index (Phi) is 3.64. The van der Waals surface area contributed by atoms with E-state index in [9.17, 15) is 0 Å². The number of hydrogen-bond donors (Lipinski definition) is 1. The Morgan fingerprint density at radius 1 is 1.25 bits per heavy atom. The zero-order valence-electron chi connectivity index (χ0n) is 9.26. The van der Waals surface area contributed by atoms with Gasteiger partial charge in [0.1, 0.15) is 10.0 Å². The van der Waals surface area contributed by atoms with Gasteiger partial charge in [-0.15, -0.1) is 10.2 Å². The fraction of sp³-hybridized carbons (Fsp3) is 0.333. The van der Waals surface area contributed by atoms with Gasteiger partial charge >= 0.3 is 0 Å². The third-order valence-corrected chi connectivity index (χ3v) is 3.44. The Morgan fingerprint density at radius 3 is 2.69 bits per heavy atom. The van der Waals surface area contributed by atoms with Gasteiger partial charge in [0, 0.05) is 6.42 Å². The summed E-state index contributed by atoms with van der Waals surface area (Å²) in [6, 6.07) is 9.85. The first-order chi connectivity index (χ1) is 7.81. The zero-order chi connectivity index (χ0) is 11.4. The molecule has 0 amide bonds. The van der Waals surface area contributed by atoms with Gasteiger partial charge in [0.2, 0.25) is 0 Å². The van der Waals surface area contributed by atoms with Crippen LogP contribution in [0, 0.1) is 0 Å². The van der Waals surface area contributed by atoms with Gasteiger partial charge in [0.05, 0.1) is 6.04 Å². The van der Waals surface area contributed by atoms with Crippen molar-refractivity contribution >= 4 is 11.3 Å². The summed E-state index contributed by atoms with van der Waals surface area (Å²) in [4.78, 5) is 0. The number of nitrogens with zero attached hydrogens (tertiary/aromatic N) is 2. The highest BCUT2D eigenvalue weighted by Crippen LogP contribution is 2.22. The molecule has 0 aliphatic carbocycles. The predicted octanol–water partition coefficient (Wildman–Crippen LogP) is 2.54. The maximum absolute atomic E-state index is 6.13. The molecule has 3 nitrogen and oxygen atoms in total. The average molecular weight is 233 g/mol. The van der Waals surface area contributed by atoms with Crippen molar-refractivity contribution in [2.75, 3.05) is 0 Å². The molecule has 0 spiro atoms. The van der Waals surface area contributed by atoms with Gasteiger partial charge in [0.25, 0.3) is 0 Å². The molecule has 2 rings (SSSR count). The van der Waals surface area contributed by atoms with Crippen molar-refractivity contribution in [2.24, 2.45) is 5.73 Å². The molecule has 84 valence electrons. The van der Waals surface area contributed by atoms with Crippen molar-refractivity contribution in [1.82, 2.24) is 10.2 Å². The molecule has 4 heteroatoms. The van der Waals surface area contributed by atoms with E-state index in [0.717, 1.165) is 28.4 Å². The van der Waals surface area contributed by atoms with E-state index in [1.54, 1.807) is 11.3 Å². The average Bonchev–Trinajstić information content (AvgIpc) is 2.78. The first-order valence-electron chi connectivity index (χ1n) is 5.44. The van der Waals surface area contributed by atoms with E-state index in [0.29, 0.717) is 0 Å². The summed E-state index contributed by atoms with van der Waals surface area (Å²) in [5.74, 6) is 0. The van der Waals surface area contributed by atoms with Gasteiger partial charge < -0.3 is 5.73 Å². The Hall–Kier alpha value is -1.26. The highest BCUT2D eigenvalue weighted by molar-refractivity contribution is 7.11. The van der Waals surface area contributed by atoms with Crippen molar-refractivity contribution < 1.29 is 0 Å². The Morgan fingerprint density at radius 2 is 2.00 bits per heavy atom. The van der Waals surface area contributed by atoms with Gasteiger partial charge in [-0.05, 0) is 12.0 Å². The van der Waals surface area contributed by atoms with Crippen LogP contribution in [0.5, 0.6) is 0 Å². The van der Waals surface area contributed by atoms with Gasteiger partial charge in [-0.2, -0.15) is 0 Å². The maximum Gasteiger partial charge on any atom is 0.138 e. The molecule has 0 saturated carbocycles. The van der Waals surface area contributed by atoms with Crippen LogP contribution in [-0.4, -0.2) is 10.2 Å². The van der Waals surface area contributed by atoms with Crippen LogP contribution in [0.25, 0.3) is 0 Å². The van der Waals surface area contributed by atoms with Crippen LogP contribution >= 0.6 is 11.3 Å². The molecule has 0 saturated heterocycles. The molecular formula is C12H15N3S. The van der Waals surface area contributed by atoms with Crippen LogP contribution in [0.4, 0.5) is 0 Å². The molecule has 2 N–H and O–H groups in total. The minimum Gasteiger partial charge on any atom is -0.318 e. The van der Waals surface area contributed by atoms with E-state index < -0.39 is 0 Å². The van der Waals surface area contributed by atoms with Crippen LogP contribution in [-0.2, 0) is 6.42 Å². The van der Waals surface area contributed by atoms with E-state index in [-0.39, 0.29) is 6.04 Å². The van der Waals surface area contributed by atoms with Crippen molar-refractivity contribution in [3.05, 3.63) is 45.9 Å². The molecule has 1 aromatic carbocycles. The highest BCUT2D eigenvalue weighted by Gasteiger charge is 2.13. The van der Waals surface area contributed by atoms with E-state index in [1.807, 2.05) is 30.3 Å². The van der Waals surface area contributed by atoms with E-state index in [2.05, 4.69) is 17.1 Å². The number of hydrogen-bond acceptors (Lipinski definition) is 4. The van der Waals surface area contributed by atoms with Gasteiger partial charge in [-0.3, -0.25) is 0 Å². The topological polar surface area (TPSA) is 51.8 Å². The smallest absolute Gasteiger partial charge is 0.138 e. The largest absolute Gasteiger partial charge is 0.318 e. The molecule has 2 aromatic rings. The van der Waals surface area contributed by atoms with Crippen LogP contribution < -0.4 is 5.73 Å². The lowest BCUT2D eigenvalue weighted by molar-refractivity contribution is 0.814. The molecule has 1 aromatic heterocycles. The van der Waals surface area contributed by atoms with Crippen molar-refractivity contribution in [1.29, 1.82) is 0 Å². The number of nitrogens with two attached hydrogens (primary N) is 1. The van der Waals surface area contributed by atoms with Crippen LogP contribution in [0.15, 0.2) is 30.3 Å². The number of benzene rings is 1. The molecule has 16 heavy (non-hydrogen) atoms. The van der Waals surface area contributed by atoms with Crippen molar-refractivity contribution in [2.45, 2.75) is 25.8 Å². The quantitative estimate of drug-likeness (QED) is 0.883. The van der Waals surface area contributed by atoms with Gasteiger partial charge in [0.15, 0.2) is 0 Å². The van der Waals surface area contributed by atoms with Gasteiger partial charge in [-0.25, -0.2) is 0 Å². The molecule has 0 fully saturated rings. The third kappa shape index (κ3) is 2.46. The highest BCUT2D eigenvalue weighted by atomic mass is 32.1. The molecule has 0 bridgehead atoms. The number of aromatic nitrogens is 2. The normalized spacial score (nSPS) is 12.6. The summed E-state index contributed by atoms with van der Waals surface area (Å²) in [5, 5.41) is 10.3. The van der Waals surface area contributed by atoms with Crippen LogP contribution in [0.1, 0.15) is 35.0 Å². The lowest BCUT2D eigenvalue weighted by atomic mass is 10.1. The molecule has 0 aliphatic heterocycles. The summed E-state index contributed by atoms with van der Waals surface area (Å²) in [5.41, 5.74) is 7.22. The van der Waals surface area contributed by atoms with E-state index in [1.165, 1.54) is 0 Å². The second-order valence-electron chi connectivity index (χ2n) is 3.67. The standard InChI is InChI=1S/C12H15N3S/c1-2-6-10-14-15-12(16-10)11(13)9-7-4-3-5-8-9/h3-5,7-8,11H,2,6,13H2,1H3. The lowest BCUT2D eigenvalue weighted by Crippen LogP contribution is -2.11. The third-order valence-electron chi connectivity index (χ3n) is 2.37. The molecular weight excluding hydrogens is 218 g/mol. The Balaban J connectivity index is 2.17. The molecule has 1 unspecified atom stereocenters. The fourth-order valence-electron chi connectivity index (χ4n) is 1.51. The Bertz CT molecular complexity index is 439.